The summed E-state index contributed by atoms with van der Waals surface area (Å²) >= 11 is 6.16. The number of ether oxygens (including phenoxy) is 1. The lowest BCUT2D eigenvalue weighted by molar-refractivity contribution is -0.0717. The second-order valence-electron chi connectivity index (χ2n) is 5.09. The first-order chi connectivity index (χ1) is 9.70. The fourth-order valence-electron chi connectivity index (χ4n) is 2.80. The Bertz CT molecular complexity index is 560. The number of morpholine rings is 1. The largest absolute Gasteiger partial charge is 0.371 e. The molecule has 1 N–H and O–H groups in total. The van der Waals surface area contributed by atoms with Crippen molar-refractivity contribution in [3.63, 3.8) is 0 Å². The number of piperazine rings is 1. The van der Waals surface area contributed by atoms with Gasteiger partial charge in [0.2, 0.25) is 5.69 Å². The first-order valence-electron chi connectivity index (χ1n) is 6.62. The van der Waals surface area contributed by atoms with Crippen LogP contribution in [0.15, 0.2) is 12.1 Å². The van der Waals surface area contributed by atoms with Gasteiger partial charge in [-0.1, -0.05) is 17.7 Å². The van der Waals surface area contributed by atoms with E-state index in [2.05, 4.69) is 15.1 Å². The van der Waals surface area contributed by atoms with Crippen molar-refractivity contribution in [3.8, 4) is 0 Å². The molecule has 2 aliphatic rings. The van der Waals surface area contributed by atoms with E-state index >= 15 is 0 Å². The average molecular weight is 296 g/mol. The van der Waals surface area contributed by atoms with E-state index in [1.807, 2.05) is 0 Å². The van der Waals surface area contributed by atoms with Crippen molar-refractivity contribution in [2.24, 2.45) is 0 Å². The first kappa shape index (κ1) is 13.8. The van der Waals surface area contributed by atoms with Crippen LogP contribution in [0.5, 0.6) is 0 Å². The molecule has 0 aromatic heterocycles. The van der Waals surface area contributed by atoms with Crippen LogP contribution in [-0.2, 0) is 4.74 Å². The van der Waals surface area contributed by atoms with Gasteiger partial charge in [-0.25, -0.2) is 9.24 Å². The van der Waals surface area contributed by atoms with Gasteiger partial charge >= 0.3 is 0 Å². The Balaban J connectivity index is 1.85. The molecule has 6 heteroatoms. The van der Waals surface area contributed by atoms with Crippen molar-refractivity contribution < 1.29 is 9.13 Å². The van der Waals surface area contributed by atoms with E-state index in [1.165, 1.54) is 6.07 Å². The molecule has 0 bridgehead atoms. The van der Waals surface area contributed by atoms with E-state index in [0.29, 0.717) is 18.2 Å². The van der Waals surface area contributed by atoms with Crippen LogP contribution in [0.3, 0.4) is 0 Å². The number of fused-ring (bicyclic) bond motifs is 1. The van der Waals surface area contributed by atoms with Crippen LogP contribution >= 0.6 is 11.6 Å². The molecule has 2 fully saturated rings. The molecule has 0 aliphatic carbocycles. The molecule has 2 atom stereocenters. The SMILES string of the molecule is [C-]#[N+]c1c(F)ccc([C@@H]2CN3CCNCC3CO2)c1Cl. The van der Waals surface area contributed by atoms with Crippen molar-refractivity contribution in [2.75, 3.05) is 32.8 Å². The zero-order chi connectivity index (χ0) is 14.1. The highest BCUT2D eigenvalue weighted by molar-refractivity contribution is 6.34. The molecule has 2 heterocycles. The highest BCUT2D eigenvalue weighted by Crippen LogP contribution is 2.37. The molecular weight excluding hydrogens is 281 g/mol. The van der Waals surface area contributed by atoms with Gasteiger partial charge in [-0.15, -0.1) is 0 Å². The van der Waals surface area contributed by atoms with Gasteiger partial charge < -0.3 is 10.1 Å². The standard InChI is InChI=1S/C14H15ClFN3O/c1-17-14-11(16)3-2-10(13(14)15)12-7-19-5-4-18-6-9(19)8-20-12/h2-3,9,12,18H,4-8H2/t9?,12-/m0/s1. The number of hydrogen-bond donors (Lipinski definition) is 1. The summed E-state index contributed by atoms with van der Waals surface area (Å²) in [5.41, 5.74) is 0.589. The van der Waals surface area contributed by atoms with Gasteiger partial charge in [0.25, 0.3) is 0 Å². The van der Waals surface area contributed by atoms with Crippen molar-refractivity contribution in [1.82, 2.24) is 10.2 Å². The van der Waals surface area contributed by atoms with Crippen molar-refractivity contribution in [1.29, 1.82) is 0 Å². The Labute approximate surface area is 122 Å². The van der Waals surface area contributed by atoms with Gasteiger partial charge in [-0.3, -0.25) is 4.90 Å². The fourth-order valence-corrected chi connectivity index (χ4v) is 3.11. The van der Waals surface area contributed by atoms with Crippen molar-refractivity contribution in [3.05, 3.63) is 40.0 Å². The van der Waals surface area contributed by atoms with E-state index in [-0.39, 0.29) is 16.8 Å². The van der Waals surface area contributed by atoms with Gasteiger partial charge in [-0.05, 0) is 11.6 Å². The fraction of sp³-hybridized carbons (Fsp3) is 0.500. The van der Waals surface area contributed by atoms with Gasteiger partial charge in [0.05, 0.1) is 24.3 Å². The number of benzene rings is 1. The minimum absolute atomic E-state index is 0.116. The Morgan fingerprint density at radius 1 is 1.50 bits per heavy atom. The van der Waals surface area contributed by atoms with Gasteiger partial charge in [0, 0.05) is 32.2 Å². The molecule has 106 valence electrons. The number of nitrogens with one attached hydrogen (secondary N) is 1. The van der Waals surface area contributed by atoms with Crippen molar-refractivity contribution >= 4 is 17.3 Å². The predicted molar refractivity (Wildman–Crippen MR) is 74.6 cm³/mol. The molecule has 0 spiro atoms. The van der Waals surface area contributed by atoms with Crippen molar-refractivity contribution in [2.45, 2.75) is 12.1 Å². The van der Waals surface area contributed by atoms with Crippen LogP contribution in [0.2, 0.25) is 5.02 Å². The van der Waals surface area contributed by atoms with Crippen LogP contribution in [0.25, 0.3) is 4.85 Å². The van der Waals surface area contributed by atoms with E-state index in [1.54, 1.807) is 6.07 Å². The van der Waals surface area contributed by atoms with Gasteiger partial charge in [-0.2, -0.15) is 0 Å². The minimum atomic E-state index is -0.579. The maximum Gasteiger partial charge on any atom is 0.240 e. The first-order valence-corrected chi connectivity index (χ1v) is 7.00. The maximum atomic E-state index is 13.5. The summed E-state index contributed by atoms with van der Waals surface area (Å²) in [5, 5.41) is 3.52. The highest BCUT2D eigenvalue weighted by Gasteiger charge is 2.32. The highest BCUT2D eigenvalue weighted by atomic mass is 35.5. The molecule has 2 saturated heterocycles. The van der Waals surface area contributed by atoms with Gasteiger partial charge in [0.15, 0.2) is 0 Å². The quantitative estimate of drug-likeness (QED) is 0.807. The maximum absolute atomic E-state index is 13.5. The van der Waals surface area contributed by atoms with E-state index in [0.717, 1.165) is 26.2 Å². The topological polar surface area (TPSA) is 28.9 Å². The number of nitrogens with zero attached hydrogens (tertiary/aromatic N) is 2. The van der Waals surface area contributed by atoms with Crippen LogP contribution in [0, 0.1) is 12.4 Å². The molecule has 3 rings (SSSR count). The second kappa shape index (κ2) is 5.66. The Morgan fingerprint density at radius 3 is 3.15 bits per heavy atom. The summed E-state index contributed by atoms with van der Waals surface area (Å²) in [6.07, 6.45) is -0.196. The number of halogens is 2. The third-order valence-corrected chi connectivity index (χ3v) is 4.31. The van der Waals surface area contributed by atoms with Crippen LogP contribution in [-0.4, -0.2) is 43.7 Å². The molecule has 0 saturated carbocycles. The third-order valence-electron chi connectivity index (χ3n) is 3.92. The summed E-state index contributed by atoms with van der Waals surface area (Å²) in [6, 6.07) is 3.31. The van der Waals surface area contributed by atoms with E-state index in [9.17, 15) is 4.39 Å². The van der Waals surface area contributed by atoms with Crippen LogP contribution in [0.4, 0.5) is 10.1 Å². The van der Waals surface area contributed by atoms with Crippen LogP contribution < -0.4 is 5.32 Å². The average Bonchev–Trinajstić information content (AvgIpc) is 2.47. The van der Waals surface area contributed by atoms with E-state index in [4.69, 9.17) is 22.9 Å². The minimum Gasteiger partial charge on any atom is -0.371 e. The monoisotopic (exact) mass is 295 g/mol. The Morgan fingerprint density at radius 2 is 2.35 bits per heavy atom. The summed E-state index contributed by atoms with van der Waals surface area (Å²) in [6.45, 7) is 11.2. The number of hydrogen-bond acceptors (Lipinski definition) is 3. The molecule has 2 aliphatic heterocycles. The lowest BCUT2D eigenvalue weighted by Crippen LogP contribution is -2.57. The Hall–Kier alpha value is -1.19. The van der Waals surface area contributed by atoms with E-state index < -0.39 is 5.82 Å². The summed E-state index contributed by atoms with van der Waals surface area (Å²) in [7, 11) is 0. The molecular formula is C14H15ClFN3O. The predicted octanol–water partition coefficient (Wildman–Crippen LogP) is 2.37. The molecule has 1 unspecified atom stereocenters. The molecule has 0 amide bonds. The summed E-state index contributed by atoms with van der Waals surface area (Å²) in [4.78, 5) is 5.53. The van der Waals surface area contributed by atoms with Crippen LogP contribution in [0.1, 0.15) is 11.7 Å². The normalized spacial score (nSPS) is 26.9. The molecule has 1 aromatic rings. The smallest absolute Gasteiger partial charge is 0.240 e. The lowest BCUT2D eigenvalue weighted by Gasteiger charge is -2.43. The lowest BCUT2D eigenvalue weighted by atomic mass is 10.0. The third kappa shape index (κ3) is 2.40. The Kier molecular flexibility index (Phi) is 3.90. The molecule has 20 heavy (non-hydrogen) atoms. The zero-order valence-corrected chi connectivity index (χ0v) is 11.7. The molecule has 4 nitrogen and oxygen atoms in total. The summed E-state index contributed by atoms with van der Waals surface area (Å²) in [5.74, 6) is -0.579. The zero-order valence-electron chi connectivity index (χ0n) is 10.9. The summed E-state index contributed by atoms with van der Waals surface area (Å²) < 4.78 is 19.4. The second-order valence-corrected chi connectivity index (χ2v) is 5.46. The molecule has 1 aromatic carbocycles. The van der Waals surface area contributed by atoms with Gasteiger partial charge in [0.1, 0.15) is 5.82 Å². The number of rotatable bonds is 1. The molecule has 0 radical (unpaired) electrons.